The molecule has 0 aliphatic rings. The van der Waals surface area contributed by atoms with Crippen molar-refractivity contribution in [3.63, 3.8) is 0 Å². The van der Waals surface area contributed by atoms with Gasteiger partial charge in [-0.05, 0) is 83.0 Å². The zero-order valence-corrected chi connectivity index (χ0v) is 18.7. The SMILES string of the molecule is Cc1cc(C)c(Nc2ncccc2NC(C)C)cc1Nc1ncccc1NC(C)C. The monoisotopic (exact) mass is 404 g/mol. The Bertz CT molecular complexity index is 920. The van der Waals surface area contributed by atoms with Gasteiger partial charge in [-0.15, -0.1) is 0 Å². The normalized spacial score (nSPS) is 10.9. The smallest absolute Gasteiger partial charge is 0.153 e. The average molecular weight is 405 g/mol. The lowest BCUT2D eigenvalue weighted by atomic mass is 10.1. The summed E-state index contributed by atoms with van der Waals surface area (Å²) in [7, 11) is 0. The number of pyridine rings is 2. The van der Waals surface area contributed by atoms with Crippen molar-refractivity contribution in [3.8, 4) is 0 Å². The van der Waals surface area contributed by atoms with Crippen LogP contribution in [0.3, 0.4) is 0 Å². The first-order valence-electron chi connectivity index (χ1n) is 10.4. The highest BCUT2D eigenvalue weighted by Crippen LogP contribution is 2.32. The summed E-state index contributed by atoms with van der Waals surface area (Å²) < 4.78 is 0. The third kappa shape index (κ3) is 5.41. The van der Waals surface area contributed by atoms with Crippen LogP contribution in [-0.4, -0.2) is 22.1 Å². The Kier molecular flexibility index (Phi) is 6.77. The molecule has 3 rings (SSSR count). The summed E-state index contributed by atoms with van der Waals surface area (Å²) in [4.78, 5) is 9.07. The first-order valence-corrected chi connectivity index (χ1v) is 10.4. The number of nitrogens with one attached hydrogen (secondary N) is 4. The molecule has 3 aromatic rings. The van der Waals surface area contributed by atoms with E-state index in [4.69, 9.17) is 0 Å². The predicted octanol–water partition coefficient (Wildman–Crippen LogP) is 6.22. The Morgan fingerprint density at radius 1 is 0.633 bits per heavy atom. The van der Waals surface area contributed by atoms with E-state index in [1.54, 1.807) is 12.4 Å². The van der Waals surface area contributed by atoms with Crippen LogP contribution < -0.4 is 21.3 Å². The van der Waals surface area contributed by atoms with Crippen molar-refractivity contribution in [1.82, 2.24) is 9.97 Å². The van der Waals surface area contributed by atoms with Crippen molar-refractivity contribution >= 4 is 34.4 Å². The molecule has 0 spiro atoms. The van der Waals surface area contributed by atoms with Crippen molar-refractivity contribution in [2.45, 2.75) is 53.6 Å². The van der Waals surface area contributed by atoms with Gasteiger partial charge in [-0.3, -0.25) is 0 Å². The second kappa shape index (κ2) is 9.48. The van der Waals surface area contributed by atoms with Crippen LogP contribution in [0.2, 0.25) is 0 Å². The Balaban J connectivity index is 1.91. The van der Waals surface area contributed by atoms with E-state index in [0.717, 1.165) is 45.5 Å². The standard InChI is InChI=1S/C24H32N6/c1-15(2)27-19-9-7-11-25-23(19)29-21-14-22(18(6)13-17(21)5)30-24-20(28-16(3)4)10-8-12-26-24/h7-16,27-28H,1-6H3,(H,25,29)(H,26,30). The van der Waals surface area contributed by atoms with Crippen LogP contribution in [-0.2, 0) is 0 Å². The maximum atomic E-state index is 4.53. The molecule has 6 nitrogen and oxygen atoms in total. The van der Waals surface area contributed by atoms with Gasteiger partial charge in [0, 0.05) is 35.9 Å². The number of rotatable bonds is 8. The van der Waals surface area contributed by atoms with Gasteiger partial charge in [0.1, 0.15) is 0 Å². The Labute approximate surface area is 179 Å². The fraction of sp³-hybridized carbons (Fsp3) is 0.333. The molecule has 0 aliphatic heterocycles. The lowest BCUT2D eigenvalue weighted by Gasteiger charge is -2.19. The van der Waals surface area contributed by atoms with Crippen LogP contribution in [0.4, 0.5) is 34.4 Å². The zero-order chi connectivity index (χ0) is 21.7. The highest BCUT2D eigenvalue weighted by atomic mass is 15.1. The number of aryl methyl sites for hydroxylation is 2. The molecule has 1 aromatic carbocycles. The molecule has 0 aliphatic carbocycles. The predicted molar refractivity (Wildman–Crippen MR) is 128 cm³/mol. The number of anilines is 6. The molecule has 0 radical (unpaired) electrons. The fourth-order valence-electron chi connectivity index (χ4n) is 3.24. The van der Waals surface area contributed by atoms with Crippen LogP contribution in [0.25, 0.3) is 0 Å². The minimum absolute atomic E-state index is 0.321. The summed E-state index contributed by atoms with van der Waals surface area (Å²) in [6, 6.07) is 12.9. The number of nitrogens with zero attached hydrogens (tertiary/aromatic N) is 2. The molecule has 0 bridgehead atoms. The van der Waals surface area contributed by atoms with Crippen molar-refractivity contribution in [3.05, 3.63) is 59.9 Å². The molecule has 0 saturated carbocycles. The molecule has 30 heavy (non-hydrogen) atoms. The summed E-state index contributed by atoms with van der Waals surface area (Å²) in [5, 5.41) is 13.9. The molecule has 0 fully saturated rings. The molecule has 158 valence electrons. The summed E-state index contributed by atoms with van der Waals surface area (Å²) >= 11 is 0. The molecule has 6 heteroatoms. The van der Waals surface area contributed by atoms with Crippen molar-refractivity contribution in [1.29, 1.82) is 0 Å². The van der Waals surface area contributed by atoms with E-state index in [2.05, 4.69) is 84.9 Å². The third-order valence-electron chi connectivity index (χ3n) is 4.58. The average Bonchev–Trinajstić information content (AvgIpc) is 2.67. The highest BCUT2D eigenvalue weighted by Gasteiger charge is 2.11. The Morgan fingerprint density at radius 2 is 1.07 bits per heavy atom. The van der Waals surface area contributed by atoms with E-state index in [1.807, 2.05) is 24.3 Å². The van der Waals surface area contributed by atoms with E-state index in [9.17, 15) is 0 Å². The number of benzene rings is 1. The van der Waals surface area contributed by atoms with Gasteiger partial charge in [-0.25, -0.2) is 9.97 Å². The van der Waals surface area contributed by atoms with Gasteiger partial charge in [0.05, 0.1) is 11.4 Å². The van der Waals surface area contributed by atoms with Crippen LogP contribution >= 0.6 is 0 Å². The van der Waals surface area contributed by atoms with Crippen molar-refractivity contribution in [2.75, 3.05) is 21.3 Å². The quantitative estimate of drug-likeness (QED) is 0.357. The van der Waals surface area contributed by atoms with E-state index in [-0.39, 0.29) is 0 Å². The minimum Gasteiger partial charge on any atom is -0.380 e. The van der Waals surface area contributed by atoms with Crippen LogP contribution in [0.1, 0.15) is 38.8 Å². The van der Waals surface area contributed by atoms with E-state index < -0.39 is 0 Å². The third-order valence-corrected chi connectivity index (χ3v) is 4.58. The minimum atomic E-state index is 0.321. The van der Waals surface area contributed by atoms with E-state index in [0.29, 0.717) is 12.1 Å². The van der Waals surface area contributed by atoms with E-state index >= 15 is 0 Å². The van der Waals surface area contributed by atoms with E-state index in [1.165, 1.54) is 0 Å². The molecular weight excluding hydrogens is 372 g/mol. The number of aromatic nitrogens is 2. The van der Waals surface area contributed by atoms with Gasteiger partial charge in [0.2, 0.25) is 0 Å². The maximum Gasteiger partial charge on any atom is 0.153 e. The summed E-state index contributed by atoms with van der Waals surface area (Å²) in [6.45, 7) is 12.7. The van der Waals surface area contributed by atoms with Crippen molar-refractivity contribution < 1.29 is 0 Å². The van der Waals surface area contributed by atoms with Gasteiger partial charge >= 0.3 is 0 Å². The summed E-state index contributed by atoms with van der Waals surface area (Å²) in [5.41, 5.74) is 6.28. The van der Waals surface area contributed by atoms with Gasteiger partial charge in [-0.2, -0.15) is 0 Å². The maximum absolute atomic E-state index is 4.53. The molecule has 0 atom stereocenters. The largest absolute Gasteiger partial charge is 0.380 e. The number of hydrogen-bond donors (Lipinski definition) is 4. The highest BCUT2D eigenvalue weighted by molar-refractivity contribution is 5.78. The fourth-order valence-corrected chi connectivity index (χ4v) is 3.24. The molecule has 4 N–H and O–H groups in total. The Morgan fingerprint density at radius 3 is 1.47 bits per heavy atom. The second-order valence-corrected chi connectivity index (χ2v) is 8.13. The Hall–Kier alpha value is -3.28. The van der Waals surface area contributed by atoms with Crippen LogP contribution in [0.15, 0.2) is 48.8 Å². The van der Waals surface area contributed by atoms with Crippen LogP contribution in [0.5, 0.6) is 0 Å². The summed E-state index contributed by atoms with van der Waals surface area (Å²) in [5.74, 6) is 1.62. The topological polar surface area (TPSA) is 73.9 Å². The number of hydrogen-bond acceptors (Lipinski definition) is 6. The molecule has 2 aromatic heterocycles. The van der Waals surface area contributed by atoms with Crippen molar-refractivity contribution in [2.24, 2.45) is 0 Å². The van der Waals surface area contributed by atoms with Gasteiger partial charge in [0.15, 0.2) is 11.6 Å². The molecular formula is C24H32N6. The zero-order valence-electron chi connectivity index (χ0n) is 18.7. The first kappa shape index (κ1) is 21.4. The lowest BCUT2D eigenvalue weighted by molar-refractivity contribution is 0.898. The van der Waals surface area contributed by atoms with Gasteiger partial charge in [0.25, 0.3) is 0 Å². The van der Waals surface area contributed by atoms with Gasteiger partial charge < -0.3 is 21.3 Å². The molecule has 2 heterocycles. The second-order valence-electron chi connectivity index (χ2n) is 8.13. The summed E-state index contributed by atoms with van der Waals surface area (Å²) in [6.07, 6.45) is 3.60. The first-order chi connectivity index (χ1) is 14.3. The lowest BCUT2D eigenvalue weighted by Crippen LogP contribution is -2.12. The molecule has 0 saturated heterocycles. The molecule has 0 amide bonds. The van der Waals surface area contributed by atoms with Gasteiger partial charge in [-0.1, -0.05) is 6.07 Å². The molecule has 0 unspecified atom stereocenters. The van der Waals surface area contributed by atoms with Crippen LogP contribution in [0, 0.1) is 13.8 Å².